The fourth-order valence-electron chi connectivity index (χ4n) is 3.68. The smallest absolute Gasteiger partial charge is 0.419 e. The van der Waals surface area contributed by atoms with Crippen LogP contribution in [0.1, 0.15) is 38.2 Å². The van der Waals surface area contributed by atoms with Gasteiger partial charge < -0.3 is 19.7 Å². The van der Waals surface area contributed by atoms with Crippen LogP contribution in [0.3, 0.4) is 0 Å². The molecule has 2 aliphatic heterocycles. The molecule has 0 aliphatic carbocycles. The van der Waals surface area contributed by atoms with Gasteiger partial charge in [-0.25, -0.2) is 4.79 Å². The van der Waals surface area contributed by atoms with Gasteiger partial charge >= 0.3 is 12.2 Å². The lowest BCUT2D eigenvalue weighted by Gasteiger charge is -2.54. The van der Waals surface area contributed by atoms with Crippen LogP contribution in [0.4, 0.5) is 18.0 Å². The number of rotatable bonds is 5. The quantitative estimate of drug-likeness (QED) is 0.837. The molecule has 1 unspecified atom stereocenters. The lowest BCUT2D eigenvalue weighted by atomic mass is 9.78. The van der Waals surface area contributed by atoms with Crippen molar-refractivity contribution in [2.75, 3.05) is 26.3 Å². The lowest BCUT2D eigenvalue weighted by Crippen LogP contribution is -2.66. The number of nitrogens with one attached hydrogen (secondary N) is 1. The highest BCUT2D eigenvalue weighted by Gasteiger charge is 2.48. The number of urea groups is 1. The highest BCUT2D eigenvalue weighted by Crippen LogP contribution is 2.39. The first-order valence-corrected chi connectivity index (χ1v) is 9.32. The van der Waals surface area contributed by atoms with Gasteiger partial charge in [-0.05, 0) is 37.8 Å². The van der Waals surface area contributed by atoms with Gasteiger partial charge in [0.2, 0.25) is 0 Å². The van der Waals surface area contributed by atoms with Gasteiger partial charge in [0.25, 0.3) is 0 Å². The molecule has 2 amide bonds. The molecule has 2 fully saturated rings. The molecule has 1 N–H and O–H groups in total. The maximum Gasteiger partial charge on any atom is 0.419 e. The first-order chi connectivity index (χ1) is 12.9. The number of amides is 2. The Bertz CT molecular complexity index is 660. The van der Waals surface area contributed by atoms with Crippen LogP contribution < -0.4 is 10.1 Å². The number of benzene rings is 1. The maximum atomic E-state index is 13.1. The molecule has 150 valence electrons. The van der Waals surface area contributed by atoms with E-state index < -0.39 is 17.8 Å². The summed E-state index contributed by atoms with van der Waals surface area (Å²) in [6.45, 7) is 3.97. The molecule has 2 aliphatic rings. The third-order valence-corrected chi connectivity index (χ3v) is 5.46. The van der Waals surface area contributed by atoms with Gasteiger partial charge in [0, 0.05) is 19.8 Å². The number of carbonyl (C=O) groups excluding carboxylic acids is 1. The fraction of sp³-hybridized carbons (Fsp3) is 0.632. The molecule has 1 aromatic rings. The zero-order valence-corrected chi connectivity index (χ0v) is 15.3. The first-order valence-electron chi connectivity index (χ1n) is 9.32. The highest BCUT2D eigenvalue weighted by molar-refractivity contribution is 5.76. The van der Waals surface area contributed by atoms with E-state index in [1.807, 2.05) is 11.8 Å². The summed E-state index contributed by atoms with van der Waals surface area (Å²) in [5.41, 5.74) is -0.924. The van der Waals surface area contributed by atoms with Crippen molar-refractivity contribution in [3.05, 3.63) is 29.8 Å². The Morgan fingerprint density at radius 3 is 2.59 bits per heavy atom. The molecule has 1 aromatic carbocycles. The van der Waals surface area contributed by atoms with E-state index in [9.17, 15) is 18.0 Å². The highest BCUT2D eigenvalue weighted by atomic mass is 19.4. The third kappa shape index (κ3) is 4.31. The van der Waals surface area contributed by atoms with Crippen molar-refractivity contribution in [2.24, 2.45) is 0 Å². The standard InChI is InChI=1S/C19H25F3N2O3/c1-2-14(27-16-6-4-3-5-15(16)19(20,21)22)13-23-17(25)24-10-7-18(24)8-11-26-12-9-18/h3-6,14H,2,7-13H2,1H3,(H,23,25). The molecular weight excluding hydrogens is 361 g/mol. The van der Waals surface area contributed by atoms with Crippen LogP contribution in [0, 0.1) is 0 Å². The Morgan fingerprint density at radius 1 is 1.30 bits per heavy atom. The number of hydrogen-bond donors (Lipinski definition) is 1. The zero-order valence-electron chi connectivity index (χ0n) is 15.3. The minimum Gasteiger partial charge on any atom is -0.488 e. The van der Waals surface area contributed by atoms with E-state index in [4.69, 9.17) is 9.47 Å². The van der Waals surface area contributed by atoms with Crippen molar-refractivity contribution in [3.8, 4) is 5.75 Å². The van der Waals surface area contributed by atoms with Crippen LogP contribution in [0.15, 0.2) is 24.3 Å². The second-order valence-corrected chi connectivity index (χ2v) is 7.07. The maximum absolute atomic E-state index is 13.1. The summed E-state index contributed by atoms with van der Waals surface area (Å²) in [5, 5.41) is 2.83. The summed E-state index contributed by atoms with van der Waals surface area (Å²) >= 11 is 0. The number of likely N-dealkylation sites (tertiary alicyclic amines) is 1. The van der Waals surface area contributed by atoms with E-state index in [1.54, 1.807) is 0 Å². The SMILES string of the molecule is CCC(CNC(=O)N1CCC12CCOCC2)Oc1ccccc1C(F)(F)F. The van der Waals surface area contributed by atoms with Crippen molar-refractivity contribution >= 4 is 6.03 Å². The van der Waals surface area contributed by atoms with Crippen molar-refractivity contribution in [2.45, 2.75) is 50.4 Å². The normalized spacial score (nSPS) is 20.1. The largest absolute Gasteiger partial charge is 0.488 e. The van der Waals surface area contributed by atoms with Gasteiger partial charge in [0.15, 0.2) is 0 Å². The van der Waals surface area contributed by atoms with Crippen LogP contribution >= 0.6 is 0 Å². The number of halogens is 3. The predicted molar refractivity (Wildman–Crippen MR) is 93.7 cm³/mol. The van der Waals surface area contributed by atoms with E-state index in [2.05, 4.69) is 5.32 Å². The minimum atomic E-state index is -4.48. The summed E-state index contributed by atoms with van der Waals surface area (Å²) in [6, 6.07) is 4.95. The van der Waals surface area contributed by atoms with Gasteiger partial charge in [0.05, 0.1) is 17.6 Å². The second-order valence-electron chi connectivity index (χ2n) is 7.07. The van der Waals surface area contributed by atoms with Gasteiger partial charge in [-0.15, -0.1) is 0 Å². The van der Waals surface area contributed by atoms with E-state index in [0.717, 1.165) is 25.3 Å². The molecule has 2 heterocycles. The average Bonchev–Trinajstić information content (AvgIpc) is 2.64. The van der Waals surface area contributed by atoms with Crippen LogP contribution in [0.2, 0.25) is 0 Å². The number of nitrogens with zero attached hydrogens (tertiary/aromatic N) is 1. The molecule has 5 nitrogen and oxygen atoms in total. The fourth-order valence-corrected chi connectivity index (χ4v) is 3.68. The van der Waals surface area contributed by atoms with E-state index in [0.29, 0.717) is 26.2 Å². The summed E-state index contributed by atoms with van der Waals surface area (Å²) in [6.07, 6.45) is -1.92. The molecule has 2 saturated heterocycles. The Balaban J connectivity index is 1.58. The molecule has 1 spiro atoms. The van der Waals surface area contributed by atoms with Gasteiger partial charge in [-0.1, -0.05) is 19.1 Å². The molecule has 0 radical (unpaired) electrons. The van der Waals surface area contributed by atoms with Gasteiger partial charge in [-0.2, -0.15) is 13.2 Å². The lowest BCUT2D eigenvalue weighted by molar-refractivity contribution is -0.139. The van der Waals surface area contributed by atoms with Gasteiger partial charge in [0.1, 0.15) is 11.9 Å². The predicted octanol–water partition coefficient (Wildman–Crippen LogP) is 3.83. The van der Waals surface area contributed by atoms with Crippen molar-refractivity contribution in [3.63, 3.8) is 0 Å². The topological polar surface area (TPSA) is 50.8 Å². The molecule has 8 heteroatoms. The first kappa shape index (κ1) is 19.8. The number of hydrogen-bond acceptors (Lipinski definition) is 3. The van der Waals surface area contributed by atoms with E-state index in [-0.39, 0.29) is 23.9 Å². The third-order valence-electron chi connectivity index (χ3n) is 5.46. The van der Waals surface area contributed by atoms with Crippen LogP contribution in [-0.2, 0) is 10.9 Å². The average molecular weight is 386 g/mol. The molecule has 27 heavy (non-hydrogen) atoms. The monoisotopic (exact) mass is 386 g/mol. The summed E-state index contributed by atoms with van der Waals surface area (Å²) in [5.74, 6) is -0.212. The van der Waals surface area contributed by atoms with E-state index >= 15 is 0 Å². The molecule has 0 bridgehead atoms. The second kappa shape index (κ2) is 7.96. The summed E-state index contributed by atoms with van der Waals surface area (Å²) in [4.78, 5) is 14.4. The van der Waals surface area contributed by atoms with Gasteiger partial charge in [-0.3, -0.25) is 0 Å². The van der Waals surface area contributed by atoms with Crippen molar-refractivity contribution in [1.29, 1.82) is 0 Å². The Kier molecular flexibility index (Phi) is 5.83. The summed E-state index contributed by atoms with van der Waals surface area (Å²) in [7, 11) is 0. The molecule has 1 atom stereocenters. The van der Waals surface area contributed by atoms with Crippen LogP contribution in [0.5, 0.6) is 5.75 Å². The zero-order chi connectivity index (χ0) is 19.5. The Labute approximate surface area is 156 Å². The summed E-state index contributed by atoms with van der Waals surface area (Å²) < 4.78 is 50.3. The number of ether oxygens (including phenoxy) is 2. The van der Waals surface area contributed by atoms with Crippen molar-refractivity contribution in [1.82, 2.24) is 10.2 Å². The molecule has 3 rings (SSSR count). The molecular formula is C19H25F3N2O3. The molecule has 0 saturated carbocycles. The van der Waals surface area contributed by atoms with E-state index in [1.165, 1.54) is 18.2 Å². The minimum absolute atomic E-state index is 0.117. The Hall–Kier alpha value is -1.96. The van der Waals surface area contributed by atoms with Crippen molar-refractivity contribution < 1.29 is 27.4 Å². The molecule has 0 aromatic heterocycles. The number of carbonyl (C=O) groups is 1. The Morgan fingerprint density at radius 2 is 2.00 bits per heavy atom. The van der Waals surface area contributed by atoms with Crippen LogP contribution in [0.25, 0.3) is 0 Å². The number of alkyl halides is 3. The number of para-hydroxylation sites is 1. The van der Waals surface area contributed by atoms with Crippen LogP contribution in [-0.4, -0.2) is 48.9 Å².